The normalized spacial score (nSPS) is 14.1. The molecule has 378 valence electrons. The highest BCUT2D eigenvalue weighted by atomic mass is 16.3. The molecule has 0 spiro atoms. The van der Waals surface area contributed by atoms with Crippen molar-refractivity contribution in [2.45, 2.75) is 78.1 Å². The van der Waals surface area contributed by atoms with Crippen LogP contribution in [0.25, 0.3) is 87.7 Å². The molecule has 13 aromatic rings. The lowest BCUT2D eigenvalue weighted by Crippen LogP contribution is -2.16. The first kappa shape index (κ1) is 46.4. The molecule has 4 nitrogen and oxygen atoms in total. The van der Waals surface area contributed by atoms with Crippen LogP contribution in [0.2, 0.25) is 0 Å². The fourth-order valence-electron chi connectivity index (χ4n) is 13.5. The second kappa shape index (κ2) is 16.8. The third-order valence-electron chi connectivity index (χ3n) is 17.8. The summed E-state index contributed by atoms with van der Waals surface area (Å²) < 4.78 is 13.9. The van der Waals surface area contributed by atoms with E-state index in [2.05, 4.69) is 271 Å². The third-order valence-corrected chi connectivity index (χ3v) is 17.8. The number of rotatable bonds is 8. The summed E-state index contributed by atoms with van der Waals surface area (Å²) in [6.07, 6.45) is 0. The van der Waals surface area contributed by atoms with Gasteiger partial charge < -0.3 is 18.6 Å². The lowest BCUT2D eigenvalue weighted by Gasteiger charge is -2.29. The minimum atomic E-state index is -0.120. The summed E-state index contributed by atoms with van der Waals surface area (Å²) in [7, 11) is 0. The predicted molar refractivity (Wildman–Crippen MR) is 329 cm³/mol. The van der Waals surface area contributed by atoms with E-state index in [1.165, 1.54) is 67.0 Å². The first-order valence-corrected chi connectivity index (χ1v) is 27.8. The van der Waals surface area contributed by atoms with Gasteiger partial charge in [-0.3, -0.25) is 0 Å². The van der Waals surface area contributed by atoms with E-state index in [1.807, 2.05) is 0 Å². The van der Waals surface area contributed by atoms with E-state index in [4.69, 9.17) is 8.83 Å². The molecule has 0 aliphatic heterocycles. The van der Waals surface area contributed by atoms with Crippen molar-refractivity contribution in [3.05, 3.63) is 240 Å². The molecule has 0 saturated carbocycles. The Morgan fingerprint density at radius 2 is 0.795 bits per heavy atom. The second-order valence-corrected chi connectivity index (χ2v) is 23.7. The van der Waals surface area contributed by atoms with E-state index < -0.39 is 0 Å². The number of anilines is 6. The average Bonchev–Trinajstić information content (AvgIpc) is 4.36. The van der Waals surface area contributed by atoms with Gasteiger partial charge in [0, 0.05) is 60.9 Å². The quantitative estimate of drug-likeness (QED) is 0.152. The SMILES string of the molecule is CC(C)c1ccc(N(c2ccc3cc4c(cc3c2)oc2c4ccc3oc4cc5cc(N(c6ccc(C(C)C)cc6)c6cccc7c6-c6ccccc6C7(C)C)ccc5cc4c32)c2cccc3c2-c2ccccc2C3(C)C)cc1. The molecule has 2 aliphatic carbocycles. The zero-order valence-corrected chi connectivity index (χ0v) is 45.5. The lowest BCUT2D eigenvalue weighted by molar-refractivity contribution is 0.660. The van der Waals surface area contributed by atoms with Crippen molar-refractivity contribution >= 4 is 99.5 Å². The van der Waals surface area contributed by atoms with Crippen LogP contribution >= 0.6 is 0 Å². The smallest absolute Gasteiger partial charge is 0.147 e. The van der Waals surface area contributed by atoms with E-state index >= 15 is 0 Å². The molecule has 0 atom stereocenters. The molecule has 2 aromatic heterocycles. The van der Waals surface area contributed by atoms with Crippen LogP contribution < -0.4 is 9.80 Å². The summed E-state index contributed by atoms with van der Waals surface area (Å²) in [6.45, 7) is 18.4. The number of fused-ring (bicyclic) bond motifs is 15. The van der Waals surface area contributed by atoms with E-state index in [0.717, 1.165) is 88.2 Å². The molecule has 11 aromatic carbocycles. The van der Waals surface area contributed by atoms with Crippen LogP contribution in [-0.4, -0.2) is 0 Å². The molecule has 0 N–H and O–H groups in total. The maximum Gasteiger partial charge on any atom is 0.147 e. The summed E-state index contributed by atoms with van der Waals surface area (Å²) in [6, 6.07) is 76.9. The number of benzene rings is 11. The summed E-state index contributed by atoms with van der Waals surface area (Å²) >= 11 is 0. The number of furan rings is 2. The van der Waals surface area contributed by atoms with E-state index in [1.54, 1.807) is 0 Å². The van der Waals surface area contributed by atoms with Crippen molar-refractivity contribution in [2.75, 3.05) is 9.80 Å². The maximum atomic E-state index is 7.05. The van der Waals surface area contributed by atoms with Gasteiger partial charge in [-0.25, -0.2) is 0 Å². The first-order valence-electron chi connectivity index (χ1n) is 27.8. The molecule has 2 heterocycles. The Kier molecular flexibility index (Phi) is 10.0. The highest BCUT2D eigenvalue weighted by Gasteiger charge is 2.39. The Hall–Kier alpha value is -8.86. The average molecular weight is 1010 g/mol. The van der Waals surface area contributed by atoms with Crippen LogP contribution in [0.15, 0.2) is 215 Å². The summed E-state index contributed by atoms with van der Waals surface area (Å²) in [4.78, 5) is 4.90. The zero-order chi connectivity index (χ0) is 52.9. The molecule has 0 radical (unpaired) electrons. The van der Waals surface area contributed by atoms with Crippen molar-refractivity contribution in [3.8, 4) is 22.3 Å². The van der Waals surface area contributed by atoms with Gasteiger partial charge in [0.05, 0.1) is 16.8 Å². The van der Waals surface area contributed by atoms with Gasteiger partial charge in [-0.1, -0.05) is 165 Å². The zero-order valence-electron chi connectivity index (χ0n) is 45.5. The van der Waals surface area contributed by atoms with Gasteiger partial charge in [-0.15, -0.1) is 0 Å². The number of hydrogen-bond donors (Lipinski definition) is 0. The van der Waals surface area contributed by atoms with Crippen molar-refractivity contribution < 1.29 is 8.83 Å². The Bertz CT molecular complexity index is 4620. The molecule has 0 bridgehead atoms. The highest BCUT2D eigenvalue weighted by Crippen LogP contribution is 2.56. The molecule has 78 heavy (non-hydrogen) atoms. The number of nitrogens with zero attached hydrogens (tertiary/aromatic N) is 2. The first-order chi connectivity index (χ1) is 37.8. The topological polar surface area (TPSA) is 32.8 Å². The molecule has 15 rings (SSSR count). The van der Waals surface area contributed by atoms with E-state index in [0.29, 0.717) is 11.8 Å². The minimum absolute atomic E-state index is 0.120. The number of hydrogen-bond acceptors (Lipinski definition) is 4. The monoisotopic (exact) mass is 1010 g/mol. The lowest BCUT2D eigenvalue weighted by atomic mass is 9.82. The molecular weight excluding hydrogens is 949 g/mol. The van der Waals surface area contributed by atoms with Gasteiger partial charge in [-0.05, 0) is 175 Å². The second-order valence-electron chi connectivity index (χ2n) is 23.7. The summed E-state index contributed by atoms with van der Waals surface area (Å²) in [5.74, 6) is 0.872. The molecule has 2 aliphatic rings. The Labute approximate surface area is 455 Å². The third kappa shape index (κ3) is 6.78. The minimum Gasteiger partial charge on any atom is -0.456 e. The Morgan fingerprint density at radius 1 is 0.346 bits per heavy atom. The molecule has 0 fully saturated rings. The van der Waals surface area contributed by atoms with Gasteiger partial charge >= 0.3 is 0 Å². The summed E-state index contributed by atoms with van der Waals surface area (Å²) in [5, 5.41) is 8.73. The van der Waals surface area contributed by atoms with Gasteiger partial charge in [0.15, 0.2) is 0 Å². The van der Waals surface area contributed by atoms with Crippen molar-refractivity contribution in [1.82, 2.24) is 0 Å². The molecule has 4 heteroatoms. The van der Waals surface area contributed by atoms with Crippen LogP contribution in [-0.2, 0) is 10.8 Å². The van der Waals surface area contributed by atoms with Crippen LogP contribution in [0.1, 0.15) is 101 Å². The van der Waals surface area contributed by atoms with Crippen LogP contribution in [0.3, 0.4) is 0 Å². The van der Waals surface area contributed by atoms with Crippen molar-refractivity contribution in [2.24, 2.45) is 0 Å². The molecule has 0 amide bonds. The van der Waals surface area contributed by atoms with Gasteiger partial charge in [0.25, 0.3) is 0 Å². The summed E-state index contributed by atoms with van der Waals surface area (Å²) in [5.41, 5.74) is 23.1. The Balaban J connectivity index is 0.857. The maximum absolute atomic E-state index is 7.05. The largest absolute Gasteiger partial charge is 0.456 e. The molecule has 0 unspecified atom stereocenters. The van der Waals surface area contributed by atoms with Crippen LogP contribution in [0.5, 0.6) is 0 Å². The Morgan fingerprint density at radius 3 is 1.29 bits per heavy atom. The fraction of sp³-hybridized carbons (Fsp3) is 0.162. The van der Waals surface area contributed by atoms with Gasteiger partial charge in [-0.2, -0.15) is 0 Å². The standard InChI is InChI=1S/C74H60N2O2/c1-43(2)45-23-29-51(30-24-45)75(64-21-13-19-62-69(64)56-15-9-11-17-60(56)73(62,5)6)53-33-27-47-39-58-55-35-36-66-71(72(55)78-67(58)41-49(47)37-53)59-40-48-28-34-54(38-50(48)42-68(59)77-66)76(52-31-25-46(26-32-52)44(3)4)65-22-14-20-63-70(65)57-16-10-12-18-61(57)74(63,7)8/h9-44H,1-8H3. The van der Waals surface area contributed by atoms with Crippen molar-refractivity contribution in [3.63, 3.8) is 0 Å². The molecular formula is C74H60N2O2. The predicted octanol–water partition coefficient (Wildman–Crippen LogP) is 21.6. The fourth-order valence-corrected chi connectivity index (χ4v) is 13.5. The van der Waals surface area contributed by atoms with E-state index in [9.17, 15) is 0 Å². The van der Waals surface area contributed by atoms with Crippen molar-refractivity contribution in [1.29, 1.82) is 0 Å². The van der Waals surface area contributed by atoms with E-state index in [-0.39, 0.29) is 10.8 Å². The van der Waals surface area contributed by atoms with Crippen LogP contribution in [0, 0.1) is 0 Å². The van der Waals surface area contributed by atoms with Crippen LogP contribution in [0.4, 0.5) is 34.1 Å². The highest BCUT2D eigenvalue weighted by molar-refractivity contribution is 6.24. The molecule has 0 saturated heterocycles. The van der Waals surface area contributed by atoms with Gasteiger partial charge in [0.2, 0.25) is 0 Å². The van der Waals surface area contributed by atoms with Gasteiger partial charge in [0.1, 0.15) is 22.3 Å².